The Bertz CT molecular complexity index is 746. The Hall–Kier alpha value is -2.37. The molecule has 2 aromatic rings. The van der Waals surface area contributed by atoms with E-state index in [0.29, 0.717) is 31.2 Å². The molecule has 2 unspecified atom stereocenters. The van der Waals surface area contributed by atoms with Gasteiger partial charge in [0.05, 0.1) is 12.1 Å². The number of aliphatic hydroxyl groups is 1. The molecule has 0 bridgehead atoms. The molecule has 1 aliphatic heterocycles. The van der Waals surface area contributed by atoms with Gasteiger partial charge in [-0.15, -0.1) is 0 Å². The molecule has 5 nitrogen and oxygen atoms in total. The highest BCUT2D eigenvalue weighted by molar-refractivity contribution is 5.94. The van der Waals surface area contributed by atoms with E-state index in [9.17, 15) is 9.90 Å². The lowest BCUT2D eigenvalue weighted by Gasteiger charge is -2.29. The van der Waals surface area contributed by atoms with Crippen molar-refractivity contribution in [1.29, 1.82) is 0 Å². The van der Waals surface area contributed by atoms with Crippen molar-refractivity contribution in [3.05, 3.63) is 65.7 Å². The predicted octanol–water partition coefficient (Wildman–Crippen LogP) is 3.23. The van der Waals surface area contributed by atoms with Crippen LogP contribution in [0.1, 0.15) is 42.6 Å². The smallest absolute Gasteiger partial charge is 0.251 e. The van der Waals surface area contributed by atoms with Crippen molar-refractivity contribution in [3.8, 4) is 5.75 Å². The maximum atomic E-state index is 12.7. The summed E-state index contributed by atoms with van der Waals surface area (Å²) in [4.78, 5) is 15.0. The lowest BCUT2D eigenvalue weighted by atomic mass is 10.1. The van der Waals surface area contributed by atoms with Gasteiger partial charge in [-0.25, -0.2) is 0 Å². The number of nitrogens with one attached hydrogen (secondary N) is 1. The van der Waals surface area contributed by atoms with Crippen LogP contribution in [0.15, 0.2) is 54.6 Å². The van der Waals surface area contributed by atoms with Crippen LogP contribution < -0.4 is 10.1 Å². The number of ether oxygens (including phenoxy) is 1. The quantitative estimate of drug-likeness (QED) is 0.805. The number of rotatable bonds is 6. The number of amides is 1. The van der Waals surface area contributed by atoms with Crippen molar-refractivity contribution in [2.75, 3.05) is 13.1 Å². The van der Waals surface area contributed by atoms with Crippen LogP contribution in [0.3, 0.4) is 0 Å². The minimum Gasteiger partial charge on any atom is -0.489 e. The highest BCUT2D eigenvalue weighted by Gasteiger charge is 2.28. The number of aliphatic hydroxyl groups excluding tert-OH is 1. The first-order valence-electron chi connectivity index (χ1n) is 10.0. The molecule has 0 radical (unpaired) electrons. The van der Waals surface area contributed by atoms with E-state index < -0.39 is 6.10 Å². The van der Waals surface area contributed by atoms with Gasteiger partial charge >= 0.3 is 0 Å². The number of carbonyl (C=O) groups excluding carboxylic acids is 1. The lowest BCUT2D eigenvalue weighted by Crippen LogP contribution is -2.50. The number of likely N-dealkylation sites (tertiary alicyclic amines) is 1. The Morgan fingerprint density at radius 1 is 1.18 bits per heavy atom. The van der Waals surface area contributed by atoms with Gasteiger partial charge in [0.15, 0.2) is 0 Å². The van der Waals surface area contributed by atoms with Gasteiger partial charge in [0.2, 0.25) is 0 Å². The molecule has 2 aromatic carbocycles. The van der Waals surface area contributed by atoms with E-state index in [0.717, 1.165) is 24.3 Å². The molecule has 0 aliphatic carbocycles. The molecule has 1 fully saturated rings. The first-order chi connectivity index (χ1) is 13.5. The van der Waals surface area contributed by atoms with Gasteiger partial charge in [-0.3, -0.25) is 9.69 Å². The van der Waals surface area contributed by atoms with E-state index in [4.69, 9.17) is 4.74 Å². The number of hydrogen-bond acceptors (Lipinski definition) is 4. The van der Waals surface area contributed by atoms with E-state index in [1.165, 1.54) is 0 Å². The van der Waals surface area contributed by atoms with Crippen molar-refractivity contribution < 1.29 is 14.6 Å². The van der Waals surface area contributed by atoms with Gasteiger partial charge < -0.3 is 15.2 Å². The molecule has 2 atom stereocenters. The van der Waals surface area contributed by atoms with E-state index in [1.807, 2.05) is 42.5 Å². The van der Waals surface area contributed by atoms with E-state index in [-0.39, 0.29) is 11.9 Å². The number of hydrogen-bond donors (Lipinski definition) is 2. The van der Waals surface area contributed by atoms with Crippen LogP contribution in [0, 0.1) is 0 Å². The zero-order chi connectivity index (χ0) is 19.9. The molecular formula is C23H30N2O3. The molecule has 1 heterocycles. The molecule has 5 heteroatoms. The molecule has 0 aromatic heterocycles. The SMILES string of the molecule is CC(C)N1CCCC(O)C(NC(=O)c2ccc(OCc3ccccc3)cc2)C1. The summed E-state index contributed by atoms with van der Waals surface area (Å²) < 4.78 is 5.77. The topological polar surface area (TPSA) is 61.8 Å². The number of benzene rings is 2. The third-order valence-electron chi connectivity index (χ3n) is 5.25. The van der Waals surface area contributed by atoms with Crippen LogP contribution in [0.25, 0.3) is 0 Å². The Balaban J connectivity index is 1.57. The summed E-state index contributed by atoms with van der Waals surface area (Å²) in [6.07, 6.45) is 1.14. The van der Waals surface area contributed by atoms with Gasteiger partial charge in [0.25, 0.3) is 5.91 Å². The predicted molar refractivity (Wildman–Crippen MR) is 110 cm³/mol. The third kappa shape index (κ3) is 5.57. The summed E-state index contributed by atoms with van der Waals surface area (Å²) in [7, 11) is 0. The first-order valence-corrected chi connectivity index (χ1v) is 10.0. The van der Waals surface area contributed by atoms with Crippen LogP contribution in [0.4, 0.5) is 0 Å². The maximum Gasteiger partial charge on any atom is 0.251 e. The fraction of sp³-hybridized carbons (Fsp3) is 0.435. The van der Waals surface area contributed by atoms with Crippen molar-refractivity contribution in [3.63, 3.8) is 0 Å². The molecule has 2 N–H and O–H groups in total. The molecule has 150 valence electrons. The monoisotopic (exact) mass is 382 g/mol. The van der Waals surface area contributed by atoms with Crippen LogP contribution in [-0.2, 0) is 6.61 Å². The Morgan fingerprint density at radius 3 is 2.57 bits per heavy atom. The maximum absolute atomic E-state index is 12.7. The van der Waals surface area contributed by atoms with Gasteiger partial charge in [-0.05, 0) is 63.1 Å². The average Bonchev–Trinajstić information content (AvgIpc) is 2.89. The van der Waals surface area contributed by atoms with Crippen LogP contribution in [0.5, 0.6) is 5.75 Å². The van der Waals surface area contributed by atoms with E-state index >= 15 is 0 Å². The second-order valence-electron chi connectivity index (χ2n) is 7.68. The fourth-order valence-corrected chi connectivity index (χ4v) is 3.48. The van der Waals surface area contributed by atoms with Crippen molar-refractivity contribution in [2.45, 2.75) is 51.5 Å². The summed E-state index contributed by atoms with van der Waals surface area (Å²) >= 11 is 0. The van der Waals surface area contributed by atoms with Crippen LogP contribution in [0.2, 0.25) is 0 Å². The third-order valence-corrected chi connectivity index (χ3v) is 5.25. The average molecular weight is 383 g/mol. The summed E-state index contributed by atoms with van der Waals surface area (Å²) in [5.41, 5.74) is 1.67. The molecule has 28 heavy (non-hydrogen) atoms. The fourth-order valence-electron chi connectivity index (χ4n) is 3.48. The van der Waals surface area contributed by atoms with E-state index in [1.54, 1.807) is 12.1 Å². The minimum atomic E-state index is -0.513. The molecule has 0 spiro atoms. The Morgan fingerprint density at radius 2 is 1.89 bits per heavy atom. The number of nitrogens with zero attached hydrogens (tertiary/aromatic N) is 1. The zero-order valence-corrected chi connectivity index (χ0v) is 16.7. The van der Waals surface area contributed by atoms with Gasteiger partial charge in [0, 0.05) is 18.2 Å². The zero-order valence-electron chi connectivity index (χ0n) is 16.7. The highest BCUT2D eigenvalue weighted by atomic mass is 16.5. The largest absolute Gasteiger partial charge is 0.489 e. The normalized spacial score (nSPS) is 20.6. The Kier molecular flexibility index (Phi) is 7.06. The molecular weight excluding hydrogens is 352 g/mol. The summed E-state index contributed by atoms with van der Waals surface area (Å²) in [6, 6.07) is 17.2. The van der Waals surface area contributed by atoms with Crippen molar-refractivity contribution in [1.82, 2.24) is 10.2 Å². The summed E-state index contributed by atoms with van der Waals surface area (Å²) in [5.74, 6) is 0.560. The molecule has 0 saturated carbocycles. The molecule has 1 amide bonds. The molecule has 1 saturated heterocycles. The number of carbonyl (C=O) groups is 1. The lowest BCUT2D eigenvalue weighted by molar-refractivity contribution is 0.0786. The second kappa shape index (κ2) is 9.71. The van der Waals surface area contributed by atoms with Crippen molar-refractivity contribution in [2.24, 2.45) is 0 Å². The van der Waals surface area contributed by atoms with Gasteiger partial charge in [-0.1, -0.05) is 30.3 Å². The Labute approximate surface area is 167 Å². The molecule has 3 rings (SSSR count). The van der Waals surface area contributed by atoms with Crippen LogP contribution >= 0.6 is 0 Å². The minimum absolute atomic E-state index is 0.163. The van der Waals surface area contributed by atoms with Crippen LogP contribution in [-0.4, -0.2) is 47.2 Å². The van der Waals surface area contributed by atoms with Gasteiger partial charge in [-0.2, -0.15) is 0 Å². The molecule has 1 aliphatic rings. The standard InChI is InChI=1S/C23H30N2O3/c1-17(2)25-14-6-9-22(26)21(15-25)24-23(27)19-10-12-20(13-11-19)28-16-18-7-4-3-5-8-18/h3-5,7-8,10-13,17,21-22,26H,6,9,14-16H2,1-2H3,(H,24,27). The van der Waals surface area contributed by atoms with Crippen molar-refractivity contribution >= 4 is 5.91 Å². The second-order valence-corrected chi connectivity index (χ2v) is 7.68. The highest BCUT2D eigenvalue weighted by Crippen LogP contribution is 2.17. The first kappa shape index (κ1) is 20.4. The summed E-state index contributed by atoms with van der Waals surface area (Å²) in [6.45, 7) is 6.40. The van der Waals surface area contributed by atoms with E-state index in [2.05, 4.69) is 24.1 Å². The van der Waals surface area contributed by atoms with Gasteiger partial charge in [0.1, 0.15) is 12.4 Å². The summed E-state index contributed by atoms with van der Waals surface area (Å²) in [5, 5.41) is 13.4.